The molecule has 0 aliphatic carbocycles. The molecule has 0 aliphatic rings. The van der Waals surface area contributed by atoms with Crippen LogP contribution < -0.4 is 15.4 Å². The molecule has 0 amide bonds. The summed E-state index contributed by atoms with van der Waals surface area (Å²) in [7, 11) is 2.84. The van der Waals surface area contributed by atoms with Gasteiger partial charge in [0.15, 0.2) is 5.96 Å². The molecule has 2 N–H and O–H groups in total. The molecular weight excluding hydrogens is 364 g/mol. The third-order valence-electron chi connectivity index (χ3n) is 4.00. The number of hydrogen-bond acceptors (Lipinski definition) is 4. The van der Waals surface area contributed by atoms with Crippen molar-refractivity contribution in [2.45, 2.75) is 18.0 Å². The Kier molecular flexibility index (Phi) is 7.20. The van der Waals surface area contributed by atoms with E-state index in [2.05, 4.69) is 15.6 Å². The van der Waals surface area contributed by atoms with Crippen LogP contribution in [0.15, 0.2) is 58.4 Å². The van der Waals surface area contributed by atoms with Gasteiger partial charge >= 0.3 is 0 Å². The van der Waals surface area contributed by atoms with E-state index in [1.54, 1.807) is 32.4 Å². The molecule has 0 radical (unpaired) electrons. The lowest BCUT2D eigenvalue weighted by molar-refractivity contribution is 0.414. The van der Waals surface area contributed by atoms with Crippen LogP contribution in [0.2, 0.25) is 0 Å². The molecule has 0 aromatic heterocycles. The van der Waals surface area contributed by atoms with Crippen molar-refractivity contribution >= 4 is 16.0 Å². The number of nitrogens with one attached hydrogen (secondary N) is 2. The third-order valence-corrected chi connectivity index (χ3v) is 5.91. The molecule has 7 nitrogen and oxygen atoms in total. The van der Waals surface area contributed by atoms with E-state index in [1.807, 2.05) is 30.3 Å². The predicted octanol–water partition coefficient (Wildman–Crippen LogP) is 1.81. The van der Waals surface area contributed by atoms with Crippen molar-refractivity contribution in [3.05, 3.63) is 59.7 Å². The van der Waals surface area contributed by atoms with Crippen LogP contribution in [-0.4, -0.2) is 46.9 Å². The van der Waals surface area contributed by atoms with Gasteiger partial charge < -0.3 is 15.4 Å². The lowest BCUT2D eigenvalue weighted by Crippen LogP contribution is -2.36. The Morgan fingerprint density at radius 3 is 2.44 bits per heavy atom. The van der Waals surface area contributed by atoms with Crippen molar-refractivity contribution in [1.82, 2.24) is 14.9 Å². The monoisotopic (exact) mass is 390 g/mol. The van der Waals surface area contributed by atoms with Gasteiger partial charge in [0.1, 0.15) is 5.75 Å². The van der Waals surface area contributed by atoms with Crippen molar-refractivity contribution in [2.24, 2.45) is 4.99 Å². The Balaban J connectivity index is 2.05. The fraction of sp³-hybridized carbons (Fsp3) is 0.316. The van der Waals surface area contributed by atoms with Crippen LogP contribution in [0.1, 0.15) is 11.1 Å². The highest BCUT2D eigenvalue weighted by atomic mass is 32.2. The number of sulfonamides is 1. The molecule has 0 aliphatic heterocycles. The second kappa shape index (κ2) is 9.38. The second-order valence-electron chi connectivity index (χ2n) is 6.03. The number of rotatable bonds is 7. The first-order valence-corrected chi connectivity index (χ1v) is 9.90. The average Bonchev–Trinajstić information content (AvgIpc) is 2.68. The lowest BCUT2D eigenvalue weighted by Gasteiger charge is -2.17. The minimum atomic E-state index is -3.51. The molecule has 0 bridgehead atoms. The topological polar surface area (TPSA) is 83.0 Å². The maximum Gasteiger partial charge on any atom is 0.242 e. The molecule has 8 heteroatoms. The number of benzene rings is 2. The lowest BCUT2D eigenvalue weighted by atomic mass is 10.2. The summed E-state index contributed by atoms with van der Waals surface area (Å²) in [5, 5.41) is 6.37. The first-order chi connectivity index (χ1) is 12.9. The van der Waals surface area contributed by atoms with Crippen LogP contribution in [0.4, 0.5) is 0 Å². The van der Waals surface area contributed by atoms with Gasteiger partial charge in [0, 0.05) is 34.2 Å². The van der Waals surface area contributed by atoms with Gasteiger partial charge in [-0.1, -0.05) is 30.3 Å². The van der Waals surface area contributed by atoms with Gasteiger partial charge in [-0.3, -0.25) is 4.99 Å². The zero-order valence-electron chi connectivity index (χ0n) is 16.1. The van der Waals surface area contributed by atoms with Crippen LogP contribution in [0.25, 0.3) is 0 Å². The molecule has 2 aromatic rings. The fourth-order valence-electron chi connectivity index (χ4n) is 2.47. The van der Waals surface area contributed by atoms with Gasteiger partial charge in [-0.2, -0.15) is 0 Å². The summed E-state index contributed by atoms with van der Waals surface area (Å²) in [4.78, 5) is 4.47. The number of aliphatic imine (C=N–C) groups is 1. The molecule has 2 rings (SSSR count). The van der Waals surface area contributed by atoms with Crippen LogP contribution in [0, 0.1) is 0 Å². The molecule has 0 heterocycles. The van der Waals surface area contributed by atoms with Crippen LogP contribution in [0.3, 0.4) is 0 Å². The Morgan fingerprint density at radius 1 is 1.07 bits per heavy atom. The zero-order chi connectivity index (χ0) is 19.9. The van der Waals surface area contributed by atoms with Crippen molar-refractivity contribution in [1.29, 1.82) is 0 Å². The summed E-state index contributed by atoms with van der Waals surface area (Å²) in [6.07, 6.45) is 0. The van der Waals surface area contributed by atoms with Crippen molar-refractivity contribution in [2.75, 3.05) is 28.3 Å². The number of nitrogens with zero attached hydrogens (tertiary/aromatic N) is 2. The molecule has 146 valence electrons. The summed E-state index contributed by atoms with van der Waals surface area (Å²) in [5.74, 6) is 1.37. The van der Waals surface area contributed by atoms with Crippen LogP contribution in [0.5, 0.6) is 5.75 Å². The van der Waals surface area contributed by atoms with Gasteiger partial charge in [0.25, 0.3) is 0 Å². The van der Waals surface area contributed by atoms with Crippen molar-refractivity contribution < 1.29 is 13.2 Å². The Bertz CT molecular complexity index is 895. The minimum Gasteiger partial charge on any atom is -0.497 e. The maximum atomic E-state index is 12.5. The second-order valence-corrected chi connectivity index (χ2v) is 8.15. The van der Waals surface area contributed by atoms with E-state index < -0.39 is 10.0 Å². The summed E-state index contributed by atoms with van der Waals surface area (Å²) in [6.45, 7) is 0.898. The number of guanidine groups is 1. The summed E-state index contributed by atoms with van der Waals surface area (Å²) in [5.41, 5.74) is 1.73. The van der Waals surface area contributed by atoms with Gasteiger partial charge in [-0.25, -0.2) is 12.7 Å². The highest BCUT2D eigenvalue weighted by Gasteiger charge is 2.20. The van der Waals surface area contributed by atoms with Gasteiger partial charge in [0.05, 0.1) is 12.0 Å². The minimum absolute atomic E-state index is 0.283. The highest BCUT2D eigenvalue weighted by Crippen LogP contribution is 2.18. The van der Waals surface area contributed by atoms with Gasteiger partial charge in [-0.15, -0.1) is 0 Å². The Labute approximate surface area is 161 Å². The van der Waals surface area contributed by atoms with Gasteiger partial charge in [-0.05, 0) is 29.3 Å². The molecule has 0 unspecified atom stereocenters. The quantitative estimate of drug-likeness (QED) is 0.557. The predicted molar refractivity (Wildman–Crippen MR) is 107 cm³/mol. The van der Waals surface area contributed by atoms with Crippen molar-refractivity contribution in [3.63, 3.8) is 0 Å². The van der Waals surface area contributed by atoms with E-state index in [9.17, 15) is 8.42 Å². The standard InChI is InChI=1S/C19H26N4O3S/c1-20-19(21-13-15-8-7-10-17(12-15)26-4)22-14-16-9-5-6-11-18(16)27(24,25)23(2)3/h5-12H,13-14H2,1-4H3,(H2,20,21,22). The normalized spacial score (nSPS) is 12.1. The largest absolute Gasteiger partial charge is 0.497 e. The summed E-state index contributed by atoms with van der Waals surface area (Å²) < 4.78 is 31.4. The van der Waals surface area contributed by atoms with E-state index in [1.165, 1.54) is 18.4 Å². The fourth-order valence-corrected chi connectivity index (χ4v) is 3.58. The van der Waals surface area contributed by atoms with E-state index in [-0.39, 0.29) is 4.90 Å². The molecule has 27 heavy (non-hydrogen) atoms. The zero-order valence-corrected chi connectivity index (χ0v) is 16.9. The van der Waals surface area contributed by atoms with Crippen molar-refractivity contribution in [3.8, 4) is 5.75 Å². The molecule has 2 aromatic carbocycles. The molecular formula is C19H26N4O3S. The van der Waals surface area contributed by atoms with Gasteiger partial charge in [0.2, 0.25) is 10.0 Å². The summed E-state index contributed by atoms with van der Waals surface area (Å²) in [6, 6.07) is 14.7. The maximum absolute atomic E-state index is 12.5. The highest BCUT2D eigenvalue weighted by molar-refractivity contribution is 7.89. The Morgan fingerprint density at radius 2 is 1.78 bits per heavy atom. The van der Waals surface area contributed by atoms with Crippen LogP contribution >= 0.6 is 0 Å². The SMILES string of the molecule is CN=C(NCc1cccc(OC)c1)NCc1ccccc1S(=O)(=O)N(C)C. The van der Waals surface area contributed by atoms with E-state index >= 15 is 0 Å². The smallest absolute Gasteiger partial charge is 0.242 e. The van der Waals surface area contributed by atoms with E-state index in [0.29, 0.717) is 24.6 Å². The molecule has 0 atom stereocenters. The van der Waals surface area contributed by atoms with E-state index in [0.717, 1.165) is 11.3 Å². The Hall–Kier alpha value is -2.58. The number of hydrogen-bond donors (Lipinski definition) is 2. The average molecular weight is 391 g/mol. The molecule has 0 spiro atoms. The number of ether oxygens (including phenoxy) is 1. The first-order valence-electron chi connectivity index (χ1n) is 8.46. The molecule has 0 fully saturated rings. The third kappa shape index (κ3) is 5.45. The summed E-state index contributed by atoms with van der Waals surface area (Å²) >= 11 is 0. The number of methoxy groups -OCH3 is 1. The molecule has 0 saturated carbocycles. The first kappa shape index (κ1) is 20.7. The van der Waals surface area contributed by atoms with E-state index in [4.69, 9.17) is 4.74 Å². The molecule has 0 saturated heterocycles. The van der Waals surface area contributed by atoms with Crippen LogP contribution in [-0.2, 0) is 23.1 Å².